The van der Waals surface area contributed by atoms with Gasteiger partial charge < -0.3 is 19.4 Å². The average Bonchev–Trinajstić information content (AvgIpc) is 3.44. The molecule has 0 amide bonds. The van der Waals surface area contributed by atoms with Crippen LogP contribution in [-0.4, -0.2) is 27.3 Å². The third-order valence-corrected chi connectivity index (χ3v) is 6.18. The molecule has 0 fully saturated rings. The molecule has 2 heterocycles. The maximum Gasteiger partial charge on any atom is 0.307 e. The highest BCUT2D eigenvalue weighted by Gasteiger charge is 2.19. The van der Waals surface area contributed by atoms with E-state index < -0.39 is 5.97 Å². The summed E-state index contributed by atoms with van der Waals surface area (Å²) in [6.07, 6.45) is 2.43. The summed E-state index contributed by atoms with van der Waals surface area (Å²) in [7, 11) is 0. The van der Waals surface area contributed by atoms with Gasteiger partial charge in [0, 0.05) is 28.8 Å². The minimum atomic E-state index is -0.829. The minimum Gasteiger partial charge on any atom is -0.490 e. The van der Waals surface area contributed by atoms with E-state index in [0.29, 0.717) is 6.42 Å². The number of aryl methyl sites for hydroxylation is 1. The van der Waals surface area contributed by atoms with Crippen LogP contribution in [0.1, 0.15) is 37.1 Å². The number of carbonyl (C=O) groups is 1. The lowest BCUT2D eigenvalue weighted by molar-refractivity contribution is -0.136. The van der Waals surface area contributed by atoms with E-state index in [0.717, 1.165) is 68.5 Å². The van der Waals surface area contributed by atoms with Gasteiger partial charge in [-0.05, 0) is 54.6 Å². The van der Waals surface area contributed by atoms with Crippen molar-refractivity contribution in [3.05, 3.63) is 83.6 Å². The molecule has 0 saturated heterocycles. The summed E-state index contributed by atoms with van der Waals surface area (Å²) in [4.78, 5) is 14.5. The summed E-state index contributed by atoms with van der Waals surface area (Å²) in [6, 6.07) is 21.9. The summed E-state index contributed by atoms with van der Waals surface area (Å²) in [5.74, 6) is -0.00732. The zero-order valence-corrected chi connectivity index (χ0v) is 19.9. The molecule has 6 nitrogen and oxygen atoms in total. The van der Waals surface area contributed by atoms with Gasteiger partial charge in [0.05, 0.1) is 11.8 Å². The van der Waals surface area contributed by atoms with Gasteiger partial charge in [-0.3, -0.25) is 4.79 Å². The van der Waals surface area contributed by atoms with Crippen molar-refractivity contribution < 1.29 is 19.2 Å². The molecule has 2 N–H and O–H groups in total. The molecular formula is C29H28N2O4. The second kappa shape index (κ2) is 9.66. The maximum atomic E-state index is 11.0. The van der Waals surface area contributed by atoms with E-state index in [-0.39, 0.29) is 12.5 Å². The van der Waals surface area contributed by atoms with Crippen LogP contribution in [0.2, 0.25) is 0 Å². The maximum absolute atomic E-state index is 11.0. The fourth-order valence-corrected chi connectivity index (χ4v) is 4.65. The molecule has 5 aromatic rings. The van der Waals surface area contributed by atoms with Gasteiger partial charge in [-0.25, -0.2) is 0 Å². The summed E-state index contributed by atoms with van der Waals surface area (Å²) in [5, 5.41) is 15.4. The molecule has 178 valence electrons. The van der Waals surface area contributed by atoms with Gasteiger partial charge in [0.15, 0.2) is 5.58 Å². The van der Waals surface area contributed by atoms with Crippen LogP contribution < -0.4 is 4.74 Å². The van der Waals surface area contributed by atoms with Crippen LogP contribution >= 0.6 is 0 Å². The van der Waals surface area contributed by atoms with Gasteiger partial charge in [-0.2, -0.15) is 0 Å². The zero-order chi connectivity index (χ0) is 24.4. The van der Waals surface area contributed by atoms with Crippen LogP contribution in [0.25, 0.3) is 33.1 Å². The minimum absolute atomic E-state index is 0.0201. The Bertz CT molecular complexity index is 1480. The summed E-state index contributed by atoms with van der Waals surface area (Å²) < 4.78 is 12.2. The van der Waals surface area contributed by atoms with Crippen LogP contribution in [0.5, 0.6) is 5.75 Å². The van der Waals surface area contributed by atoms with E-state index >= 15 is 0 Å². The highest BCUT2D eigenvalue weighted by Crippen LogP contribution is 2.35. The summed E-state index contributed by atoms with van der Waals surface area (Å²) >= 11 is 0. The quantitative estimate of drug-likeness (QED) is 0.256. The Hall–Kier alpha value is -4.06. The first-order valence-corrected chi connectivity index (χ1v) is 12.0. The molecule has 0 aliphatic carbocycles. The molecule has 0 spiro atoms. The van der Waals surface area contributed by atoms with Crippen LogP contribution in [-0.2, 0) is 24.1 Å². The van der Waals surface area contributed by atoms with Crippen LogP contribution in [0.4, 0.5) is 0 Å². The highest BCUT2D eigenvalue weighted by atomic mass is 16.5. The number of H-pyrrole nitrogens is 1. The standard InChI is InChI=1S/C29H28N2O4/c1-3-7-23-26(13-11-24-28(31-35-29(23)24)20-8-5-4-6-9-20)34-18(2)14-22-17-21-15-19(16-27(32)33)10-12-25(21)30-22/h4-6,8-13,15,17-18,30H,3,7,14,16H2,1-2H3,(H,32,33). The number of aliphatic carboxylic acids is 1. The molecule has 3 aromatic carbocycles. The van der Waals surface area contributed by atoms with E-state index in [1.807, 2.05) is 60.7 Å². The fourth-order valence-electron chi connectivity index (χ4n) is 4.65. The number of carboxylic acid groups (broad SMARTS) is 1. The molecule has 1 atom stereocenters. The molecule has 0 saturated carbocycles. The Morgan fingerprint density at radius 3 is 2.71 bits per heavy atom. The predicted octanol–water partition coefficient (Wildman–Crippen LogP) is 6.57. The first-order chi connectivity index (χ1) is 17.0. The van der Waals surface area contributed by atoms with Crippen molar-refractivity contribution in [2.45, 2.75) is 45.6 Å². The topological polar surface area (TPSA) is 88.4 Å². The molecular weight excluding hydrogens is 440 g/mol. The van der Waals surface area contributed by atoms with Gasteiger partial charge in [-0.15, -0.1) is 0 Å². The van der Waals surface area contributed by atoms with Gasteiger partial charge in [0.25, 0.3) is 0 Å². The Balaban J connectivity index is 1.38. The van der Waals surface area contributed by atoms with Crippen molar-refractivity contribution in [1.82, 2.24) is 10.1 Å². The number of aromatic nitrogens is 2. The first kappa shape index (κ1) is 22.7. The third kappa shape index (κ3) is 4.78. The predicted molar refractivity (Wildman–Crippen MR) is 137 cm³/mol. The zero-order valence-electron chi connectivity index (χ0n) is 19.9. The SMILES string of the molecule is CCCc1c(OC(C)Cc2cc3cc(CC(=O)O)ccc3[nH]2)ccc2c(-c3ccccc3)noc12. The number of hydrogen-bond donors (Lipinski definition) is 2. The number of ether oxygens (including phenoxy) is 1. The Kier molecular flexibility index (Phi) is 6.27. The Morgan fingerprint density at radius 1 is 1.11 bits per heavy atom. The van der Waals surface area contributed by atoms with Crippen molar-refractivity contribution in [2.24, 2.45) is 0 Å². The van der Waals surface area contributed by atoms with Crippen molar-refractivity contribution in [1.29, 1.82) is 0 Å². The van der Waals surface area contributed by atoms with Crippen LogP contribution in [0, 0.1) is 0 Å². The van der Waals surface area contributed by atoms with Crippen LogP contribution in [0.15, 0.2) is 71.3 Å². The molecule has 5 rings (SSSR count). The monoisotopic (exact) mass is 468 g/mol. The normalized spacial score (nSPS) is 12.3. The molecule has 2 aromatic heterocycles. The van der Waals surface area contributed by atoms with E-state index in [9.17, 15) is 4.79 Å². The van der Waals surface area contributed by atoms with E-state index in [2.05, 4.69) is 30.1 Å². The highest BCUT2D eigenvalue weighted by molar-refractivity contribution is 5.94. The van der Waals surface area contributed by atoms with E-state index in [4.69, 9.17) is 14.4 Å². The molecule has 35 heavy (non-hydrogen) atoms. The van der Waals surface area contributed by atoms with Crippen molar-refractivity contribution in [3.63, 3.8) is 0 Å². The molecule has 0 bridgehead atoms. The second-order valence-corrected chi connectivity index (χ2v) is 8.99. The van der Waals surface area contributed by atoms with E-state index in [1.165, 1.54) is 0 Å². The number of rotatable bonds is 9. The lowest BCUT2D eigenvalue weighted by atomic mass is 10.0. The number of fused-ring (bicyclic) bond motifs is 2. The smallest absolute Gasteiger partial charge is 0.307 e. The lowest BCUT2D eigenvalue weighted by Crippen LogP contribution is -2.16. The number of aromatic amines is 1. The average molecular weight is 469 g/mol. The largest absolute Gasteiger partial charge is 0.490 e. The van der Waals surface area contributed by atoms with E-state index in [1.54, 1.807) is 0 Å². The number of hydrogen-bond acceptors (Lipinski definition) is 4. The second-order valence-electron chi connectivity index (χ2n) is 8.99. The molecule has 6 heteroatoms. The van der Waals surface area contributed by atoms with Crippen molar-refractivity contribution in [2.75, 3.05) is 0 Å². The lowest BCUT2D eigenvalue weighted by Gasteiger charge is -2.17. The third-order valence-electron chi connectivity index (χ3n) is 6.18. The van der Waals surface area contributed by atoms with Crippen molar-refractivity contribution >= 4 is 27.8 Å². The van der Waals surface area contributed by atoms with Crippen molar-refractivity contribution in [3.8, 4) is 17.0 Å². The van der Waals surface area contributed by atoms with Gasteiger partial charge in [-0.1, -0.05) is 54.9 Å². The summed E-state index contributed by atoms with van der Waals surface area (Å²) in [6.45, 7) is 4.20. The van der Waals surface area contributed by atoms with Gasteiger partial charge in [0.1, 0.15) is 17.5 Å². The Morgan fingerprint density at radius 2 is 1.94 bits per heavy atom. The molecule has 1 unspecified atom stereocenters. The number of nitrogens with one attached hydrogen (secondary N) is 1. The Labute approximate surface area is 203 Å². The fraction of sp³-hybridized carbons (Fsp3) is 0.241. The number of nitrogens with zero attached hydrogens (tertiary/aromatic N) is 1. The number of benzene rings is 3. The summed E-state index contributed by atoms with van der Waals surface area (Å²) in [5.41, 5.74) is 6.53. The first-order valence-electron chi connectivity index (χ1n) is 12.0. The van der Waals surface area contributed by atoms with Crippen LogP contribution in [0.3, 0.4) is 0 Å². The number of carboxylic acids is 1. The van der Waals surface area contributed by atoms with Gasteiger partial charge >= 0.3 is 5.97 Å². The van der Waals surface area contributed by atoms with Gasteiger partial charge in [0.2, 0.25) is 0 Å². The molecule has 0 aliphatic heterocycles. The molecule has 0 aliphatic rings. The molecule has 0 radical (unpaired) electrons.